The number of ether oxygens (including phenoxy) is 1. The zero-order chi connectivity index (χ0) is 14.4. The maximum absolute atomic E-state index is 11.7. The number of hydrogen-bond acceptors (Lipinski definition) is 6. The first-order chi connectivity index (χ1) is 9.74. The highest BCUT2D eigenvalue weighted by Gasteiger charge is 2.22. The molecule has 0 unspecified atom stereocenters. The number of carbonyl (C=O) groups is 1. The average Bonchev–Trinajstić information content (AvgIpc) is 2.88. The van der Waals surface area contributed by atoms with Crippen LogP contribution < -0.4 is 0 Å². The second-order valence-electron chi connectivity index (χ2n) is 4.91. The van der Waals surface area contributed by atoms with Crippen molar-refractivity contribution in [3.8, 4) is 0 Å². The molecule has 2 heterocycles. The number of rotatable bonds is 6. The molecule has 20 heavy (non-hydrogen) atoms. The molecule has 0 atom stereocenters. The first-order valence-electron chi connectivity index (χ1n) is 6.98. The molecule has 0 N–H and O–H groups in total. The van der Waals surface area contributed by atoms with Crippen molar-refractivity contribution in [1.82, 2.24) is 30.0 Å². The van der Waals surface area contributed by atoms with Crippen molar-refractivity contribution >= 4 is 5.91 Å². The molecule has 8 heteroatoms. The lowest BCUT2D eigenvalue weighted by Crippen LogP contribution is -2.49. The zero-order valence-electron chi connectivity index (χ0n) is 12.2. The van der Waals surface area contributed by atoms with Crippen molar-refractivity contribution in [2.45, 2.75) is 26.4 Å². The van der Waals surface area contributed by atoms with E-state index in [4.69, 9.17) is 4.74 Å². The van der Waals surface area contributed by atoms with Gasteiger partial charge in [0.1, 0.15) is 6.61 Å². The van der Waals surface area contributed by atoms with Crippen LogP contribution in [-0.2, 0) is 22.6 Å². The van der Waals surface area contributed by atoms with Crippen LogP contribution in [0.3, 0.4) is 0 Å². The number of aromatic nitrogens is 4. The minimum absolute atomic E-state index is 0.0583. The molecule has 8 nitrogen and oxygen atoms in total. The molecule has 0 aromatic carbocycles. The summed E-state index contributed by atoms with van der Waals surface area (Å²) in [6.45, 7) is 6.99. The van der Waals surface area contributed by atoms with Gasteiger partial charge in [-0.1, -0.05) is 6.92 Å². The molecular formula is C12H22N6O2. The van der Waals surface area contributed by atoms with Gasteiger partial charge in [-0.3, -0.25) is 9.69 Å². The Hall–Kier alpha value is -1.54. The van der Waals surface area contributed by atoms with Crippen LogP contribution in [-0.4, -0.2) is 75.8 Å². The third-order valence-corrected chi connectivity index (χ3v) is 3.40. The first kappa shape index (κ1) is 14.9. The molecule has 1 aromatic rings. The van der Waals surface area contributed by atoms with Crippen LogP contribution in [0.25, 0.3) is 0 Å². The number of hydrogen-bond donors (Lipinski definition) is 0. The highest BCUT2D eigenvalue weighted by Crippen LogP contribution is 2.07. The van der Waals surface area contributed by atoms with Crippen molar-refractivity contribution < 1.29 is 9.53 Å². The van der Waals surface area contributed by atoms with Gasteiger partial charge in [0.05, 0.1) is 6.54 Å². The standard InChI is InChI=1S/C12H22N6O2/c1-3-4-18-11(13-14-15-18)9-16-5-7-17(8-6-16)12(19)10-20-2/h3-10H2,1-2H3. The quantitative estimate of drug-likeness (QED) is 0.692. The van der Waals surface area contributed by atoms with Crippen LogP contribution in [0.1, 0.15) is 19.2 Å². The minimum atomic E-state index is 0.0583. The molecule has 112 valence electrons. The Morgan fingerprint density at radius 1 is 1.30 bits per heavy atom. The molecule has 0 aliphatic carbocycles. The van der Waals surface area contributed by atoms with E-state index >= 15 is 0 Å². The SMILES string of the molecule is CCCn1nnnc1CN1CCN(C(=O)COC)CC1. The maximum atomic E-state index is 11.7. The van der Waals surface area contributed by atoms with Crippen molar-refractivity contribution in [3.05, 3.63) is 5.82 Å². The van der Waals surface area contributed by atoms with Gasteiger partial charge in [0.2, 0.25) is 5.91 Å². The second-order valence-corrected chi connectivity index (χ2v) is 4.91. The van der Waals surface area contributed by atoms with E-state index in [1.54, 1.807) is 7.11 Å². The Bertz CT molecular complexity index is 427. The molecule has 1 aliphatic rings. The van der Waals surface area contributed by atoms with Gasteiger partial charge in [-0.25, -0.2) is 4.68 Å². The van der Waals surface area contributed by atoms with E-state index in [-0.39, 0.29) is 12.5 Å². The molecule has 0 radical (unpaired) electrons. The Balaban J connectivity index is 1.82. The number of amides is 1. The molecule has 1 amide bonds. The molecule has 0 bridgehead atoms. The van der Waals surface area contributed by atoms with Crippen molar-refractivity contribution in [2.75, 3.05) is 39.9 Å². The van der Waals surface area contributed by atoms with Crippen LogP contribution in [0.5, 0.6) is 0 Å². The smallest absolute Gasteiger partial charge is 0.248 e. The van der Waals surface area contributed by atoms with Crippen LogP contribution in [0.2, 0.25) is 0 Å². The highest BCUT2D eigenvalue weighted by atomic mass is 16.5. The number of aryl methyl sites for hydroxylation is 1. The lowest BCUT2D eigenvalue weighted by atomic mass is 10.3. The summed E-state index contributed by atoms with van der Waals surface area (Å²) >= 11 is 0. The number of carbonyl (C=O) groups excluding carboxylic acids is 1. The third kappa shape index (κ3) is 3.73. The predicted molar refractivity (Wildman–Crippen MR) is 71.8 cm³/mol. The van der Waals surface area contributed by atoms with E-state index in [0.717, 1.165) is 51.5 Å². The molecule has 0 spiro atoms. The van der Waals surface area contributed by atoms with Crippen LogP contribution in [0.4, 0.5) is 0 Å². The summed E-state index contributed by atoms with van der Waals surface area (Å²) in [6.07, 6.45) is 1.01. The number of piperazine rings is 1. The molecule has 1 aliphatic heterocycles. The Kier molecular flexibility index (Phi) is 5.42. The van der Waals surface area contributed by atoms with E-state index < -0.39 is 0 Å². The summed E-state index contributed by atoms with van der Waals surface area (Å²) < 4.78 is 6.73. The van der Waals surface area contributed by atoms with Crippen LogP contribution in [0, 0.1) is 0 Å². The lowest BCUT2D eigenvalue weighted by Gasteiger charge is -2.34. The van der Waals surface area contributed by atoms with Gasteiger partial charge in [0, 0.05) is 39.8 Å². The molecular weight excluding hydrogens is 260 g/mol. The summed E-state index contributed by atoms with van der Waals surface area (Å²) in [5.41, 5.74) is 0. The van der Waals surface area contributed by atoms with E-state index in [1.165, 1.54) is 0 Å². The monoisotopic (exact) mass is 282 g/mol. The summed E-state index contributed by atoms with van der Waals surface area (Å²) in [7, 11) is 1.54. The van der Waals surface area contributed by atoms with Gasteiger partial charge in [-0.05, 0) is 16.8 Å². The molecule has 1 saturated heterocycles. The topological polar surface area (TPSA) is 76.4 Å². The van der Waals surface area contributed by atoms with Crippen LogP contribution in [0.15, 0.2) is 0 Å². The predicted octanol–water partition coefficient (Wildman–Crippen LogP) is -0.626. The number of tetrazole rings is 1. The Labute approximate surface area is 118 Å². The number of methoxy groups -OCH3 is 1. The second kappa shape index (κ2) is 7.30. The molecule has 0 saturated carbocycles. The summed E-state index contributed by atoms with van der Waals surface area (Å²) in [5, 5.41) is 11.8. The highest BCUT2D eigenvalue weighted by molar-refractivity contribution is 5.77. The fourth-order valence-corrected chi connectivity index (χ4v) is 2.29. The fraction of sp³-hybridized carbons (Fsp3) is 0.833. The largest absolute Gasteiger partial charge is 0.375 e. The normalized spacial score (nSPS) is 16.6. The molecule has 1 aromatic heterocycles. The van der Waals surface area contributed by atoms with Crippen LogP contribution >= 0.6 is 0 Å². The van der Waals surface area contributed by atoms with Crippen molar-refractivity contribution in [1.29, 1.82) is 0 Å². The van der Waals surface area contributed by atoms with E-state index in [1.807, 2.05) is 9.58 Å². The Morgan fingerprint density at radius 2 is 2.05 bits per heavy atom. The number of nitrogens with zero attached hydrogens (tertiary/aromatic N) is 6. The van der Waals surface area contributed by atoms with E-state index in [0.29, 0.717) is 0 Å². The van der Waals surface area contributed by atoms with E-state index in [9.17, 15) is 4.79 Å². The van der Waals surface area contributed by atoms with E-state index in [2.05, 4.69) is 27.3 Å². The summed E-state index contributed by atoms with van der Waals surface area (Å²) in [6, 6.07) is 0. The van der Waals surface area contributed by atoms with Gasteiger partial charge in [-0.2, -0.15) is 0 Å². The minimum Gasteiger partial charge on any atom is -0.375 e. The zero-order valence-corrected chi connectivity index (χ0v) is 12.2. The summed E-state index contributed by atoms with van der Waals surface area (Å²) in [4.78, 5) is 15.8. The lowest BCUT2D eigenvalue weighted by molar-refractivity contribution is -0.136. The summed E-state index contributed by atoms with van der Waals surface area (Å²) in [5.74, 6) is 0.950. The molecule has 1 fully saturated rings. The molecule has 2 rings (SSSR count). The van der Waals surface area contributed by atoms with Gasteiger partial charge < -0.3 is 9.64 Å². The maximum Gasteiger partial charge on any atom is 0.248 e. The third-order valence-electron chi connectivity index (χ3n) is 3.40. The van der Waals surface area contributed by atoms with Gasteiger partial charge in [0.25, 0.3) is 0 Å². The van der Waals surface area contributed by atoms with Crippen molar-refractivity contribution in [3.63, 3.8) is 0 Å². The Morgan fingerprint density at radius 3 is 2.70 bits per heavy atom. The average molecular weight is 282 g/mol. The van der Waals surface area contributed by atoms with Gasteiger partial charge in [-0.15, -0.1) is 5.10 Å². The van der Waals surface area contributed by atoms with Gasteiger partial charge >= 0.3 is 0 Å². The first-order valence-corrected chi connectivity index (χ1v) is 6.98. The van der Waals surface area contributed by atoms with Crippen molar-refractivity contribution in [2.24, 2.45) is 0 Å². The van der Waals surface area contributed by atoms with Gasteiger partial charge in [0.15, 0.2) is 5.82 Å². The fourth-order valence-electron chi connectivity index (χ4n) is 2.29.